The van der Waals surface area contributed by atoms with Crippen molar-refractivity contribution < 1.29 is 13.5 Å². The summed E-state index contributed by atoms with van der Waals surface area (Å²) in [6.07, 6.45) is 0. The van der Waals surface area contributed by atoms with Gasteiger partial charge in [0.05, 0.1) is 5.56 Å². The Labute approximate surface area is 123 Å². The van der Waals surface area contributed by atoms with Gasteiger partial charge in [-0.05, 0) is 23.8 Å². The van der Waals surface area contributed by atoms with Gasteiger partial charge in [0, 0.05) is 5.56 Å². The van der Waals surface area contributed by atoms with E-state index >= 15 is 0 Å². The van der Waals surface area contributed by atoms with Crippen LogP contribution in [0.15, 0.2) is 30.3 Å². The standard InChI is InChI=1S/C13H6Cl2F2N2O/c14-11-5-9(10(6-18)12(15)19-11)7-2-1-3-8(4-7)20-13(16)17/h1-5,13H. The second-order valence-electron chi connectivity index (χ2n) is 3.68. The van der Waals surface area contributed by atoms with Gasteiger partial charge < -0.3 is 4.74 Å². The average molecular weight is 315 g/mol. The Bertz CT molecular complexity index is 687. The van der Waals surface area contributed by atoms with E-state index in [-0.39, 0.29) is 21.6 Å². The molecule has 0 amide bonds. The molecule has 0 aliphatic carbocycles. The van der Waals surface area contributed by atoms with Crippen LogP contribution in [0, 0.1) is 11.3 Å². The van der Waals surface area contributed by atoms with E-state index in [1.54, 1.807) is 6.07 Å². The maximum Gasteiger partial charge on any atom is 0.387 e. The SMILES string of the molecule is N#Cc1c(-c2cccc(OC(F)F)c2)cc(Cl)nc1Cl. The minimum atomic E-state index is -2.93. The van der Waals surface area contributed by atoms with Crippen molar-refractivity contribution in [3.8, 4) is 22.9 Å². The lowest BCUT2D eigenvalue weighted by molar-refractivity contribution is -0.0498. The lowest BCUT2D eigenvalue weighted by atomic mass is 10.0. The second-order valence-corrected chi connectivity index (χ2v) is 4.42. The Hall–Kier alpha value is -1.90. The Morgan fingerprint density at radius 1 is 1.25 bits per heavy atom. The first-order valence-electron chi connectivity index (χ1n) is 5.32. The summed E-state index contributed by atoms with van der Waals surface area (Å²) in [5.41, 5.74) is 0.994. The molecule has 0 aliphatic heterocycles. The summed E-state index contributed by atoms with van der Waals surface area (Å²) in [5.74, 6) is -0.0227. The van der Waals surface area contributed by atoms with E-state index in [9.17, 15) is 8.78 Å². The number of hydrogen-bond acceptors (Lipinski definition) is 3. The van der Waals surface area contributed by atoms with E-state index in [4.69, 9.17) is 28.5 Å². The largest absolute Gasteiger partial charge is 0.435 e. The molecule has 20 heavy (non-hydrogen) atoms. The second kappa shape index (κ2) is 6.04. The van der Waals surface area contributed by atoms with Crippen molar-refractivity contribution in [3.63, 3.8) is 0 Å². The van der Waals surface area contributed by atoms with Gasteiger partial charge in [-0.15, -0.1) is 0 Å². The highest BCUT2D eigenvalue weighted by Gasteiger charge is 2.13. The summed E-state index contributed by atoms with van der Waals surface area (Å²) in [7, 11) is 0. The number of nitrogens with zero attached hydrogens (tertiary/aromatic N) is 2. The number of aromatic nitrogens is 1. The number of ether oxygens (including phenoxy) is 1. The minimum absolute atomic E-state index is 0.0227. The molecular formula is C13H6Cl2F2N2O. The Kier molecular flexibility index (Phi) is 4.38. The molecule has 0 N–H and O–H groups in total. The van der Waals surface area contributed by atoms with Crippen molar-refractivity contribution in [2.24, 2.45) is 0 Å². The molecule has 7 heteroatoms. The van der Waals surface area contributed by atoms with E-state index in [0.29, 0.717) is 11.1 Å². The molecule has 0 saturated carbocycles. The number of nitriles is 1. The fraction of sp³-hybridized carbons (Fsp3) is 0.0769. The predicted octanol–water partition coefficient (Wildman–Crippen LogP) is 4.53. The van der Waals surface area contributed by atoms with Crippen molar-refractivity contribution in [1.82, 2.24) is 4.98 Å². The summed E-state index contributed by atoms with van der Waals surface area (Å²) in [6, 6.07) is 9.25. The van der Waals surface area contributed by atoms with Crippen LogP contribution in [0.4, 0.5) is 8.78 Å². The molecule has 102 valence electrons. The zero-order chi connectivity index (χ0) is 14.7. The topological polar surface area (TPSA) is 45.9 Å². The molecule has 0 saturated heterocycles. The lowest BCUT2D eigenvalue weighted by Gasteiger charge is -2.09. The molecule has 2 rings (SSSR count). The molecule has 0 bridgehead atoms. The van der Waals surface area contributed by atoms with Crippen molar-refractivity contribution >= 4 is 23.2 Å². The Morgan fingerprint density at radius 3 is 2.65 bits per heavy atom. The zero-order valence-electron chi connectivity index (χ0n) is 9.78. The summed E-state index contributed by atoms with van der Waals surface area (Å²) >= 11 is 11.6. The lowest BCUT2D eigenvalue weighted by Crippen LogP contribution is -2.01. The van der Waals surface area contributed by atoms with Gasteiger partial charge >= 0.3 is 6.61 Å². The zero-order valence-corrected chi connectivity index (χ0v) is 11.3. The number of rotatable bonds is 3. The van der Waals surface area contributed by atoms with E-state index in [1.807, 2.05) is 6.07 Å². The van der Waals surface area contributed by atoms with Crippen molar-refractivity contribution in [2.75, 3.05) is 0 Å². The van der Waals surface area contributed by atoms with Crippen LogP contribution in [-0.2, 0) is 0 Å². The molecule has 1 heterocycles. The number of halogens is 4. The monoisotopic (exact) mass is 314 g/mol. The summed E-state index contributed by atoms with van der Waals surface area (Å²) in [6.45, 7) is -2.93. The molecule has 0 spiro atoms. The molecule has 1 aromatic carbocycles. The number of benzene rings is 1. The molecule has 0 fully saturated rings. The number of pyridine rings is 1. The fourth-order valence-corrected chi connectivity index (χ4v) is 2.13. The highest BCUT2D eigenvalue weighted by atomic mass is 35.5. The van der Waals surface area contributed by atoms with Crippen molar-refractivity contribution in [2.45, 2.75) is 6.61 Å². The van der Waals surface area contributed by atoms with Crippen LogP contribution >= 0.6 is 23.2 Å². The third-order valence-corrected chi connectivity index (χ3v) is 2.89. The van der Waals surface area contributed by atoms with Crippen molar-refractivity contribution in [1.29, 1.82) is 5.26 Å². The fourth-order valence-electron chi connectivity index (χ4n) is 1.66. The van der Waals surface area contributed by atoms with Crippen LogP contribution in [-0.4, -0.2) is 11.6 Å². The molecule has 2 aromatic rings. The summed E-state index contributed by atoms with van der Waals surface area (Å²) < 4.78 is 28.7. The van der Waals surface area contributed by atoms with Crippen LogP contribution in [0.5, 0.6) is 5.75 Å². The van der Waals surface area contributed by atoms with Crippen molar-refractivity contribution in [3.05, 3.63) is 46.2 Å². The highest BCUT2D eigenvalue weighted by Crippen LogP contribution is 2.32. The van der Waals surface area contributed by atoms with Gasteiger partial charge in [-0.2, -0.15) is 14.0 Å². The molecule has 0 radical (unpaired) electrons. The van der Waals surface area contributed by atoms with Crippen LogP contribution < -0.4 is 4.74 Å². The molecule has 1 aromatic heterocycles. The maximum absolute atomic E-state index is 12.2. The Morgan fingerprint density at radius 2 is 2.00 bits per heavy atom. The number of alkyl halides is 2. The summed E-state index contributed by atoms with van der Waals surface area (Å²) in [4.78, 5) is 3.76. The third kappa shape index (κ3) is 3.16. The molecular weight excluding hydrogens is 309 g/mol. The normalized spacial score (nSPS) is 10.4. The molecule has 0 aliphatic rings. The van der Waals surface area contributed by atoms with Crippen LogP contribution in [0.1, 0.15) is 5.56 Å². The molecule has 0 unspecified atom stereocenters. The van der Waals surface area contributed by atoms with Gasteiger partial charge in [0.2, 0.25) is 0 Å². The van der Waals surface area contributed by atoms with Gasteiger partial charge in [-0.25, -0.2) is 4.98 Å². The maximum atomic E-state index is 12.2. The minimum Gasteiger partial charge on any atom is -0.435 e. The van der Waals surface area contributed by atoms with E-state index < -0.39 is 6.61 Å². The van der Waals surface area contributed by atoms with Gasteiger partial charge in [0.15, 0.2) is 0 Å². The van der Waals surface area contributed by atoms with Gasteiger partial charge in [-0.1, -0.05) is 35.3 Å². The van der Waals surface area contributed by atoms with Gasteiger partial charge in [-0.3, -0.25) is 0 Å². The predicted molar refractivity (Wildman–Crippen MR) is 71.0 cm³/mol. The van der Waals surface area contributed by atoms with Gasteiger partial charge in [0.1, 0.15) is 22.1 Å². The van der Waals surface area contributed by atoms with Crippen LogP contribution in [0.25, 0.3) is 11.1 Å². The smallest absolute Gasteiger partial charge is 0.387 e. The molecule has 0 atom stereocenters. The van der Waals surface area contributed by atoms with E-state index in [2.05, 4.69) is 9.72 Å². The van der Waals surface area contributed by atoms with E-state index in [1.165, 1.54) is 24.3 Å². The van der Waals surface area contributed by atoms with Crippen LogP contribution in [0.2, 0.25) is 10.3 Å². The van der Waals surface area contributed by atoms with E-state index in [0.717, 1.165) is 0 Å². The van der Waals surface area contributed by atoms with Gasteiger partial charge in [0.25, 0.3) is 0 Å². The first kappa shape index (κ1) is 14.5. The van der Waals surface area contributed by atoms with Crippen LogP contribution in [0.3, 0.4) is 0 Å². The Balaban J connectivity index is 2.54. The summed E-state index contributed by atoms with van der Waals surface area (Å²) in [5, 5.41) is 9.15. The average Bonchev–Trinajstić information content (AvgIpc) is 2.37. The third-order valence-electron chi connectivity index (χ3n) is 2.43. The quantitative estimate of drug-likeness (QED) is 0.782. The highest BCUT2D eigenvalue weighted by molar-refractivity contribution is 6.33. The molecule has 3 nitrogen and oxygen atoms in total. The number of hydrogen-bond donors (Lipinski definition) is 0. The first-order chi connectivity index (χ1) is 9.51. The first-order valence-corrected chi connectivity index (χ1v) is 6.08.